The van der Waals surface area contributed by atoms with E-state index in [1.54, 1.807) is 24.3 Å². The lowest BCUT2D eigenvalue weighted by Gasteiger charge is -2.30. The molecule has 12 atom stereocenters. The van der Waals surface area contributed by atoms with Crippen molar-refractivity contribution in [2.45, 2.75) is 254 Å². The van der Waals surface area contributed by atoms with Crippen molar-refractivity contribution in [3.05, 3.63) is 234 Å². The van der Waals surface area contributed by atoms with Crippen LogP contribution in [-0.2, 0) is 108 Å². The van der Waals surface area contributed by atoms with Crippen molar-refractivity contribution in [1.82, 2.24) is 39.5 Å². The van der Waals surface area contributed by atoms with Crippen molar-refractivity contribution in [3.63, 3.8) is 0 Å². The molecule has 0 aliphatic carbocycles. The van der Waals surface area contributed by atoms with Gasteiger partial charge in [-0.15, -0.1) is 0 Å². The van der Waals surface area contributed by atoms with E-state index in [9.17, 15) is 57.2 Å². The van der Waals surface area contributed by atoms with Gasteiger partial charge in [0.2, 0.25) is 0 Å². The summed E-state index contributed by atoms with van der Waals surface area (Å²) < 4.78 is 105. The van der Waals surface area contributed by atoms with E-state index in [0.717, 1.165) is 300 Å². The van der Waals surface area contributed by atoms with Crippen LogP contribution in [0.15, 0.2) is 121 Å². The van der Waals surface area contributed by atoms with Crippen molar-refractivity contribution in [2.24, 2.45) is 23.7 Å². The minimum absolute atomic E-state index is 0.168. The molecule has 0 spiro atoms. The second-order valence-corrected chi connectivity index (χ2v) is 42.1. The number of nitrogens with zero attached hydrogens (tertiary/aromatic N) is 8. The van der Waals surface area contributed by atoms with E-state index >= 15 is 0 Å². The lowest BCUT2D eigenvalue weighted by atomic mass is 9.92. The number of benzene rings is 4. The third kappa shape index (κ3) is 30.2. The molecule has 0 saturated carbocycles. The number of hydrogen-bond acceptors (Lipinski definition) is 24. The van der Waals surface area contributed by atoms with Crippen LogP contribution >= 0.6 is 0 Å². The number of anilines is 4. The van der Waals surface area contributed by atoms with Gasteiger partial charge in [0, 0.05) is 141 Å². The Balaban J connectivity index is 0.000000135. The molecule has 32 heteroatoms. The molecule has 8 fully saturated rings. The number of halogens is 4. The van der Waals surface area contributed by atoms with Crippen LogP contribution in [0.1, 0.15) is 292 Å². The summed E-state index contributed by atoms with van der Waals surface area (Å²) in [4.78, 5) is 76.5. The Morgan fingerprint density at radius 2 is 0.588 bits per heavy atom. The van der Waals surface area contributed by atoms with Gasteiger partial charge in [0.15, 0.2) is 0 Å². The number of carboxylic acid groups (broad SMARTS) is 4. The predicted molar refractivity (Wildman–Crippen MR) is 557 cm³/mol. The maximum absolute atomic E-state index is 14.3. The van der Waals surface area contributed by atoms with E-state index in [1.807, 2.05) is 19.6 Å². The molecule has 12 aliphatic rings. The molecule has 0 bridgehead atoms. The second-order valence-electron chi connectivity index (χ2n) is 42.1. The molecule has 4 aromatic heterocycles. The van der Waals surface area contributed by atoms with Gasteiger partial charge in [-0.2, -0.15) is 0 Å². The number of likely N-dealkylation sites (tertiary alicyclic amines) is 4. The Labute approximate surface area is 868 Å². The Morgan fingerprint density at radius 1 is 0.318 bits per heavy atom. The quantitative estimate of drug-likeness (QED) is 0.0131. The molecule has 0 unspecified atom stereocenters. The van der Waals surface area contributed by atoms with E-state index in [2.05, 4.69) is 69.8 Å². The minimum atomic E-state index is -0.948. The van der Waals surface area contributed by atoms with Crippen LogP contribution in [0.4, 0.5) is 40.8 Å². The first-order valence-electron chi connectivity index (χ1n) is 55.1. The fourth-order valence-electron chi connectivity index (χ4n) is 23.6. The number of nitrogens with one attached hydrogen (secondary N) is 4. The number of fused-ring (bicyclic) bond motifs is 4. The van der Waals surface area contributed by atoms with Crippen molar-refractivity contribution in [2.75, 3.05) is 179 Å². The molecular formula is C116H152F4N12O16. The van der Waals surface area contributed by atoms with Gasteiger partial charge in [0.1, 0.15) is 70.7 Å². The highest BCUT2D eigenvalue weighted by atomic mass is 19.1. The van der Waals surface area contributed by atoms with Crippen LogP contribution in [0.5, 0.6) is 0 Å². The highest BCUT2D eigenvalue weighted by molar-refractivity contribution is 5.78. The number of aromatic nitrogens is 4. The maximum atomic E-state index is 14.3. The zero-order chi connectivity index (χ0) is 102. The van der Waals surface area contributed by atoms with Gasteiger partial charge in [0.25, 0.3) is 0 Å². The van der Waals surface area contributed by atoms with Gasteiger partial charge in [0.05, 0.1) is 50.8 Å². The average Bonchev–Trinajstić information content (AvgIpc) is 1.50. The fourth-order valence-corrected chi connectivity index (χ4v) is 23.6. The standard InChI is InChI=1S/4C29H38FN3O4/c2*30-22-9-11-24(26-7-1-2-16-37-26)25(17-22)27(29(34)35)33-14-12-20(18-33)19-36-15-4-6-23-10-8-21-5-3-13-31-28(21)32-23;2*30-22-7-9-24(26-5-1-2-15-37-26)25(18-22)27(29(34)35)33-14-10-20(19-33)11-16-36-17-12-23-8-6-21-4-3-13-31-28(21)32-23/h2*8-11,17,20,26-27H,1-7,12-16,18-19H2,(H,31,32)(H,34,35);2*6-9,18,20,26-27H,1-5,10-17,19H2,(H,31,32)(H,34,35)/t20-,26+,27+;20-,26+,27-;20-,26-,27+;20-,26-,27-/m1100/s1. The first-order chi connectivity index (χ1) is 72.3. The summed E-state index contributed by atoms with van der Waals surface area (Å²) in [5.74, 6) is -0.0976. The highest BCUT2D eigenvalue weighted by Gasteiger charge is 2.43. The molecule has 0 amide bonds. The van der Waals surface area contributed by atoms with Crippen molar-refractivity contribution >= 4 is 47.1 Å². The largest absolute Gasteiger partial charge is 0.480 e. The third-order valence-electron chi connectivity index (χ3n) is 31.4. The van der Waals surface area contributed by atoms with Crippen LogP contribution in [0.3, 0.4) is 0 Å². The molecule has 4 aromatic carbocycles. The first kappa shape index (κ1) is 109. The summed E-state index contributed by atoms with van der Waals surface area (Å²) in [6.45, 7) is 16.8. The number of ether oxygens (including phenoxy) is 8. The molecule has 8 aromatic rings. The van der Waals surface area contributed by atoms with Gasteiger partial charge in [-0.05, 0) is 382 Å². The van der Waals surface area contributed by atoms with Gasteiger partial charge in [-0.25, -0.2) is 37.5 Å². The molecule has 0 radical (unpaired) electrons. The number of aryl methyl sites for hydroxylation is 6. The van der Waals surface area contributed by atoms with E-state index in [-0.39, 0.29) is 36.3 Å². The molecule has 8 saturated heterocycles. The van der Waals surface area contributed by atoms with Crippen LogP contribution in [0, 0.1) is 46.9 Å². The molecular weight excluding hydrogens is 1890 g/mol. The molecule has 16 heterocycles. The second kappa shape index (κ2) is 55.2. The van der Waals surface area contributed by atoms with E-state index in [1.165, 1.54) is 70.8 Å². The fraction of sp³-hybridized carbons (Fsp3) is 0.586. The molecule has 148 heavy (non-hydrogen) atoms. The first-order valence-corrected chi connectivity index (χ1v) is 55.1. The summed E-state index contributed by atoms with van der Waals surface area (Å²) in [5, 5.41) is 54.2. The molecule has 20 rings (SSSR count). The summed E-state index contributed by atoms with van der Waals surface area (Å²) >= 11 is 0. The molecule has 800 valence electrons. The highest BCUT2D eigenvalue weighted by Crippen LogP contribution is 2.45. The van der Waals surface area contributed by atoms with Gasteiger partial charge in [-0.1, -0.05) is 48.5 Å². The summed E-state index contributed by atoms with van der Waals surface area (Å²) in [7, 11) is 0. The van der Waals surface area contributed by atoms with Gasteiger partial charge in [-0.3, -0.25) is 38.8 Å². The smallest absolute Gasteiger partial charge is 0.325 e. The van der Waals surface area contributed by atoms with Crippen molar-refractivity contribution in [3.8, 4) is 0 Å². The van der Waals surface area contributed by atoms with Crippen molar-refractivity contribution < 1.29 is 95.1 Å². The van der Waals surface area contributed by atoms with E-state index < -0.39 is 71.3 Å². The van der Waals surface area contributed by atoms with Gasteiger partial charge < -0.3 is 79.6 Å². The lowest BCUT2D eigenvalue weighted by Crippen LogP contribution is -2.34. The van der Waals surface area contributed by atoms with Crippen LogP contribution in [-0.4, -0.2) is 242 Å². The average molecular weight is 2050 g/mol. The SMILES string of the molecule is O=C(O)[C@@H](c1cc(F)ccc1[C@@H]1CCCCO1)N1CC[C@@H](CCOCCc2ccc3c(n2)NCCC3)C1.O=C(O)[C@@H](c1cc(F)ccc1[C@@H]1CCCCO1)N1CC[C@@H](COCCCc2ccc3c(n2)NCCC3)C1.O=C(O)[C@H](c1cc(F)ccc1[C@@H]1CCCCO1)N1CC[C@@H](CCOCCc2ccc3c(n2)NCCC3)C1.O=C(O)[C@H](c1cc(F)ccc1[C@@H]1CCCCO1)N1CC[C@@H](COCCCc2ccc3c(n2)NCCC3)C1. The third-order valence-corrected chi connectivity index (χ3v) is 31.4. The Bertz CT molecular complexity index is 4980. The summed E-state index contributed by atoms with van der Waals surface area (Å²) in [6.07, 6.45) is 30.2. The van der Waals surface area contributed by atoms with E-state index in [0.29, 0.717) is 166 Å². The Hall–Kier alpha value is -10.2. The summed E-state index contributed by atoms with van der Waals surface area (Å²) in [6, 6.07) is 31.7. The Kier molecular flexibility index (Phi) is 40.7. The van der Waals surface area contributed by atoms with Crippen molar-refractivity contribution in [1.29, 1.82) is 0 Å². The number of pyridine rings is 4. The zero-order valence-corrected chi connectivity index (χ0v) is 85.9. The van der Waals surface area contributed by atoms with E-state index in [4.69, 9.17) is 57.8 Å². The Morgan fingerprint density at radius 3 is 0.858 bits per heavy atom. The topological polar surface area (TPSA) is 336 Å². The summed E-state index contributed by atoms with van der Waals surface area (Å²) in [5.41, 5.74) is 14.8. The maximum Gasteiger partial charge on any atom is 0.325 e. The lowest BCUT2D eigenvalue weighted by molar-refractivity contribution is -0.144. The van der Waals surface area contributed by atoms with Crippen LogP contribution < -0.4 is 21.3 Å². The zero-order valence-electron chi connectivity index (χ0n) is 85.9. The molecule has 8 N–H and O–H groups in total. The number of aliphatic carboxylic acids is 4. The number of hydrogen-bond donors (Lipinski definition) is 8. The van der Waals surface area contributed by atoms with Gasteiger partial charge >= 0.3 is 23.9 Å². The molecule has 12 aliphatic heterocycles. The number of carboxylic acids is 4. The number of carbonyl (C=O) groups is 4. The minimum Gasteiger partial charge on any atom is -0.480 e. The molecule has 28 nitrogen and oxygen atoms in total. The normalized spacial score (nSPS) is 22.8. The van der Waals surface area contributed by atoms with Crippen LogP contribution in [0.25, 0.3) is 0 Å². The monoisotopic (exact) mass is 2050 g/mol. The van der Waals surface area contributed by atoms with Crippen LogP contribution in [0.2, 0.25) is 0 Å². The number of rotatable bonds is 40. The predicted octanol–water partition coefficient (Wildman–Crippen LogP) is 19.7.